The van der Waals surface area contributed by atoms with Crippen LogP contribution in [-0.2, 0) is 23.1 Å². The predicted octanol–water partition coefficient (Wildman–Crippen LogP) is 10.6. The van der Waals surface area contributed by atoms with Gasteiger partial charge in [-0.2, -0.15) is 0 Å². The Labute approximate surface area is 296 Å². The normalized spacial score (nSPS) is 21.5. The van der Waals surface area contributed by atoms with E-state index >= 15 is 0 Å². The summed E-state index contributed by atoms with van der Waals surface area (Å²) >= 11 is 0. The molecule has 0 bridgehead atoms. The van der Waals surface area contributed by atoms with Crippen LogP contribution in [0.3, 0.4) is 0 Å². The van der Waals surface area contributed by atoms with Gasteiger partial charge in [-0.15, -0.1) is 0 Å². The number of carbonyl (C=O) groups is 1. The highest BCUT2D eigenvalue weighted by atomic mass is 16.5. The molecule has 2 aliphatic carbocycles. The maximum atomic E-state index is 10.9. The molecular formula is C44H51N3O3. The Kier molecular flexibility index (Phi) is 9.23. The van der Waals surface area contributed by atoms with Crippen LogP contribution in [0, 0.1) is 11.3 Å². The summed E-state index contributed by atoms with van der Waals surface area (Å²) in [4.78, 5) is 19.9. The number of carboxylic acid groups (broad SMARTS) is 1. The largest absolute Gasteiger partial charge is 0.496 e. The number of carboxylic acids is 1. The molecule has 1 fully saturated rings. The Morgan fingerprint density at radius 1 is 1.02 bits per heavy atom. The molecule has 0 amide bonds. The van der Waals surface area contributed by atoms with Gasteiger partial charge in [-0.25, -0.2) is 4.98 Å². The van der Waals surface area contributed by atoms with Crippen LogP contribution in [-0.4, -0.2) is 34.7 Å². The maximum absolute atomic E-state index is 10.9. The fourth-order valence-corrected chi connectivity index (χ4v) is 9.41. The molecule has 3 N–H and O–H groups in total. The first-order chi connectivity index (χ1) is 24.1. The van der Waals surface area contributed by atoms with Crippen LogP contribution in [0.25, 0.3) is 33.5 Å². The first-order valence-electron chi connectivity index (χ1n) is 18.4. The van der Waals surface area contributed by atoms with Crippen LogP contribution in [0.5, 0.6) is 5.75 Å². The number of methoxy groups -OCH3 is 1. The fraction of sp³-hybridized carbons (Fsp3) is 0.409. The third-order valence-electron chi connectivity index (χ3n) is 11.9. The fourth-order valence-electron chi connectivity index (χ4n) is 9.41. The van der Waals surface area contributed by atoms with Crippen molar-refractivity contribution in [3.63, 3.8) is 0 Å². The Hall–Kier alpha value is -4.58. The van der Waals surface area contributed by atoms with Crippen LogP contribution in [0.15, 0.2) is 78.9 Å². The summed E-state index contributed by atoms with van der Waals surface area (Å²) in [5.41, 5.74) is 12.5. The second-order valence-electron chi connectivity index (χ2n) is 15.5. The molecule has 7 rings (SSSR count). The van der Waals surface area contributed by atoms with E-state index in [1.807, 2.05) is 18.2 Å². The molecule has 4 aromatic carbocycles. The molecule has 1 aromatic heterocycles. The smallest absolute Gasteiger partial charge is 0.303 e. The average Bonchev–Trinajstić information content (AvgIpc) is 3.55. The minimum Gasteiger partial charge on any atom is -0.496 e. The lowest BCUT2D eigenvalue weighted by atomic mass is 9.48. The lowest BCUT2D eigenvalue weighted by molar-refractivity contribution is -0.137. The van der Waals surface area contributed by atoms with Crippen molar-refractivity contribution in [1.82, 2.24) is 9.97 Å². The maximum Gasteiger partial charge on any atom is 0.303 e. The predicted molar refractivity (Wildman–Crippen MR) is 204 cm³/mol. The van der Waals surface area contributed by atoms with E-state index < -0.39 is 5.97 Å². The highest BCUT2D eigenvalue weighted by molar-refractivity contribution is 5.90. The minimum atomic E-state index is -0.782. The van der Waals surface area contributed by atoms with Gasteiger partial charge in [0.15, 0.2) is 0 Å². The molecule has 260 valence electrons. The first-order valence-corrected chi connectivity index (χ1v) is 18.4. The molecule has 6 heteroatoms. The van der Waals surface area contributed by atoms with Crippen molar-refractivity contribution in [1.29, 1.82) is 0 Å². The molecule has 0 unspecified atom stereocenters. The molecule has 1 heterocycles. The summed E-state index contributed by atoms with van der Waals surface area (Å²) in [7, 11) is 1.68. The number of nitrogens with zero attached hydrogens (tertiary/aromatic N) is 1. The second kappa shape index (κ2) is 13.6. The molecule has 50 heavy (non-hydrogen) atoms. The number of H-pyrrole nitrogens is 1. The second-order valence-corrected chi connectivity index (χ2v) is 15.5. The molecule has 6 nitrogen and oxygen atoms in total. The van der Waals surface area contributed by atoms with E-state index in [0.717, 1.165) is 41.0 Å². The number of benzene rings is 4. The van der Waals surface area contributed by atoms with Gasteiger partial charge in [0.2, 0.25) is 0 Å². The molecule has 0 radical (unpaired) electrons. The number of hydrogen-bond donors (Lipinski definition) is 3. The molecule has 2 aliphatic rings. The van der Waals surface area contributed by atoms with Gasteiger partial charge >= 0.3 is 5.97 Å². The summed E-state index contributed by atoms with van der Waals surface area (Å²) < 4.78 is 5.87. The van der Waals surface area contributed by atoms with Crippen LogP contribution in [0.1, 0.15) is 94.4 Å². The van der Waals surface area contributed by atoms with E-state index in [1.54, 1.807) is 18.2 Å². The average molecular weight is 670 g/mol. The van der Waals surface area contributed by atoms with Crippen molar-refractivity contribution < 1.29 is 14.6 Å². The molecular weight excluding hydrogens is 619 g/mol. The van der Waals surface area contributed by atoms with Gasteiger partial charge < -0.3 is 20.1 Å². The van der Waals surface area contributed by atoms with Crippen LogP contribution in [0.4, 0.5) is 5.69 Å². The van der Waals surface area contributed by atoms with Crippen LogP contribution in [0.2, 0.25) is 0 Å². The zero-order valence-corrected chi connectivity index (χ0v) is 30.2. The number of nitrogens with one attached hydrogen (secondary N) is 2. The quantitative estimate of drug-likeness (QED) is 0.122. The zero-order chi connectivity index (χ0) is 35.0. The Balaban J connectivity index is 1.27. The van der Waals surface area contributed by atoms with E-state index in [2.05, 4.69) is 98.7 Å². The van der Waals surface area contributed by atoms with Crippen molar-refractivity contribution >= 4 is 22.7 Å². The number of aryl methyl sites for hydroxylation is 1. The third kappa shape index (κ3) is 6.29. The highest BCUT2D eigenvalue weighted by Gasteiger charge is 2.52. The summed E-state index contributed by atoms with van der Waals surface area (Å²) in [6, 6.07) is 28.6. The Morgan fingerprint density at radius 2 is 1.82 bits per heavy atom. The lowest BCUT2D eigenvalue weighted by Crippen LogP contribution is -2.50. The van der Waals surface area contributed by atoms with Crippen molar-refractivity contribution in [2.45, 2.75) is 90.4 Å². The van der Waals surface area contributed by atoms with E-state index in [4.69, 9.17) is 14.8 Å². The molecule has 0 saturated heterocycles. The topological polar surface area (TPSA) is 87.2 Å². The van der Waals surface area contributed by atoms with Gasteiger partial charge in [0.25, 0.3) is 0 Å². The summed E-state index contributed by atoms with van der Waals surface area (Å²) in [5, 5.41) is 12.3. The standard InChI is InChI=1S/C44H51N3O3/c1-28(2)30-14-19-36-31(25-30)15-21-39-43(3,22-10-23-44(36,39)4)27-35-33(29-11-7-6-8-12-29)18-20-37-41(35)47-42(46-37)34-17-16-32(26-38(34)50-5)45-24-9-13-40(48)49/h6-8,11-12,14,16-20,25-26,28,39,45H,9-10,13,15,21-24,27H2,1-5H3,(H,46,47)(H,48,49)/t39-,43+,44+/m0/s1. The number of aliphatic carboxylic acids is 1. The molecule has 1 saturated carbocycles. The SMILES string of the molecule is COc1cc(NCCCC(=O)O)ccc1-c1nc2c(C[C@@]3(C)CCC[C@]4(C)c5ccc(C(C)C)cc5CC[C@@H]34)c(-c3ccccc3)ccc2[nH]1. The summed E-state index contributed by atoms with van der Waals surface area (Å²) in [6.45, 7) is 10.3. The highest BCUT2D eigenvalue weighted by Crippen LogP contribution is 2.59. The number of fused-ring (bicyclic) bond motifs is 4. The molecule has 0 spiro atoms. The van der Waals surface area contributed by atoms with E-state index in [9.17, 15) is 4.79 Å². The van der Waals surface area contributed by atoms with E-state index in [-0.39, 0.29) is 17.3 Å². The van der Waals surface area contributed by atoms with Crippen molar-refractivity contribution in [3.05, 3.63) is 101 Å². The van der Waals surface area contributed by atoms with Crippen molar-refractivity contribution in [2.75, 3.05) is 19.0 Å². The summed E-state index contributed by atoms with van der Waals surface area (Å²) in [6.07, 6.45) is 7.72. The van der Waals surface area contributed by atoms with Gasteiger partial charge in [-0.05, 0) is 113 Å². The Bertz CT molecular complexity index is 2010. The van der Waals surface area contributed by atoms with Gasteiger partial charge in [-0.1, -0.05) is 88.7 Å². The third-order valence-corrected chi connectivity index (χ3v) is 11.9. The molecule has 0 aliphatic heterocycles. The van der Waals surface area contributed by atoms with Gasteiger partial charge in [0, 0.05) is 24.7 Å². The minimum absolute atomic E-state index is 0.115. The monoisotopic (exact) mass is 669 g/mol. The zero-order valence-electron chi connectivity index (χ0n) is 30.2. The van der Waals surface area contributed by atoms with Crippen molar-refractivity contribution in [2.24, 2.45) is 11.3 Å². The first kappa shape index (κ1) is 33.9. The van der Waals surface area contributed by atoms with Crippen LogP contribution < -0.4 is 10.1 Å². The van der Waals surface area contributed by atoms with Crippen molar-refractivity contribution in [3.8, 4) is 28.3 Å². The number of imidazole rings is 1. The summed E-state index contributed by atoms with van der Waals surface area (Å²) in [5.74, 6) is 1.84. The van der Waals surface area contributed by atoms with Gasteiger partial charge in [-0.3, -0.25) is 4.79 Å². The molecule has 3 atom stereocenters. The Morgan fingerprint density at radius 3 is 2.58 bits per heavy atom. The number of anilines is 1. The van der Waals surface area contributed by atoms with E-state index in [1.165, 1.54) is 47.9 Å². The van der Waals surface area contributed by atoms with E-state index in [0.29, 0.717) is 30.6 Å². The molecule has 5 aromatic rings. The lowest BCUT2D eigenvalue weighted by Gasteiger charge is -2.56. The number of aromatic nitrogens is 2. The van der Waals surface area contributed by atoms with Gasteiger partial charge in [0.1, 0.15) is 11.6 Å². The number of aromatic amines is 1. The number of rotatable bonds is 11. The van der Waals surface area contributed by atoms with Crippen LogP contribution >= 0.6 is 0 Å². The van der Waals surface area contributed by atoms with Gasteiger partial charge in [0.05, 0.1) is 23.7 Å². The number of hydrogen-bond acceptors (Lipinski definition) is 4. The number of ether oxygens (including phenoxy) is 1.